The van der Waals surface area contributed by atoms with Crippen LogP contribution in [0.15, 0.2) is 41.0 Å². The Balaban J connectivity index is 2.42. The van der Waals surface area contributed by atoms with Crippen molar-refractivity contribution < 1.29 is 4.79 Å². The van der Waals surface area contributed by atoms with Gasteiger partial charge in [0.25, 0.3) is 0 Å². The first-order valence-corrected chi connectivity index (χ1v) is 7.34. The summed E-state index contributed by atoms with van der Waals surface area (Å²) in [6.45, 7) is 0. The molecule has 0 amide bonds. The largest absolute Gasteiger partial charge is 0.378 e. The fourth-order valence-corrected chi connectivity index (χ4v) is 2.42. The number of ketones is 1. The second kappa shape index (κ2) is 6.26. The molecule has 0 saturated heterocycles. The fraction of sp³-hybridized carbons (Fsp3) is 0.250. The SMILES string of the molecule is CN(C)c1cc(Br)cc(C(=O)c2ccnc(N(C)C)c2)c1. The van der Waals surface area contributed by atoms with Crippen molar-refractivity contribution in [2.75, 3.05) is 38.0 Å². The summed E-state index contributed by atoms with van der Waals surface area (Å²) in [6, 6.07) is 9.26. The van der Waals surface area contributed by atoms with Gasteiger partial charge in [0.1, 0.15) is 5.82 Å². The molecule has 2 aromatic rings. The third-order valence-corrected chi connectivity index (χ3v) is 3.58. The van der Waals surface area contributed by atoms with E-state index in [1.54, 1.807) is 18.3 Å². The molecule has 1 heterocycles. The molecule has 0 N–H and O–H groups in total. The van der Waals surface area contributed by atoms with Crippen molar-refractivity contribution in [2.45, 2.75) is 0 Å². The van der Waals surface area contributed by atoms with Gasteiger partial charge in [0.2, 0.25) is 0 Å². The molecule has 0 aliphatic heterocycles. The van der Waals surface area contributed by atoms with Crippen LogP contribution in [0.2, 0.25) is 0 Å². The molecule has 0 atom stereocenters. The second-order valence-corrected chi connectivity index (χ2v) is 6.13. The highest BCUT2D eigenvalue weighted by Crippen LogP contribution is 2.24. The monoisotopic (exact) mass is 347 g/mol. The molecule has 21 heavy (non-hydrogen) atoms. The van der Waals surface area contributed by atoms with E-state index in [0.717, 1.165) is 16.0 Å². The van der Waals surface area contributed by atoms with Crippen molar-refractivity contribution in [3.63, 3.8) is 0 Å². The lowest BCUT2D eigenvalue weighted by molar-refractivity contribution is 0.103. The topological polar surface area (TPSA) is 36.4 Å². The Morgan fingerprint density at radius 3 is 2.33 bits per heavy atom. The Morgan fingerprint density at radius 1 is 1.00 bits per heavy atom. The number of carbonyl (C=O) groups is 1. The van der Waals surface area contributed by atoms with E-state index in [9.17, 15) is 4.79 Å². The predicted molar refractivity (Wildman–Crippen MR) is 90.5 cm³/mol. The molecule has 0 spiro atoms. The molecule has 1 aromatic heterocycles. The van der Waals surface area contributed by atoms with Crippen LogP contribution in [-0.2, 0) is 0 Å². The van der Waals surface area contributed by atoms with Crippen molar-refractivity contribution in [1.82, 2.24) is 4.98 Å². The normalized spacial score (nSPS) is 10.3. The Kier molecular flexibility index (Phi) is 4.63. The minimum Gasteiger partial charge on any atom is -0.378 e. The van der Waals surface area contributed by atoms with E-state index >= 15 is 0 Å². The Morgan fingerprint density at radius 2 is 1.71 bits per heavy atom. The van der Waals surface area contributed by atoms with Gasteiger partial charge in [-0.3, -0.25) is 4.79 Å². The predicted octanol–water partition coefficient (Wildman–Crippen LogP) is 3.21. The number of benzene rings is 1. The number of nitrogens with zero attached hydrogens (tertiary/aromatic N) is 3. The molecule has 0 saturated carbocycles. The Labute approximate surface area is 133 Å². The summed E-state index contributed by atoms with van der Waals surface area (Å²) >= 11 is 3.46. The highest BCUT2D eigenvalue weighted by Gasteiger charge is 2.13. The molecule has 110 valence electrons. The third-order valence-electron chi connectivity index (χ3n) is 3.13. The molecule has 0 aliphatic carbocycles. The van der Waals surface area contributed by atoms with Crippen molar-refractivity contribution in [1.29, 1.82) is 0 Å². The van der Waals surface area contributed by atoms with Crippen LogP contribution < -0.4 is 9.80 Å². The van der Waals surface area contributed by atoms with Crippen LogP contribution in [0.25, 0.3) is 0 Å². The zero-order chi connectivity index (χ0) is 15.6. The van der Waals surface area contributed by atoms with Gasteiger partial charge in [0, 0.05) is 55.7 Å². The van der Waals surface area contributed by atoms with Crippen LogP contribution in [0.3, 0.4) is 0 Å². The number of hydrogen-bond acceptors (Lipinski definition) is 4. The summed E-state index contributed by atoms with van der Waals surface area (Å²) < 4.78 is 0.888. The summed E-state index contributed by atoms with van der Waals surface area (Å²) in [6.07, 6.45) is 1.66. The summed E-state index contributed by atoms with van der Waals surface area (Å²) in [5, 5.41) is 0. The number of halogens is 1. The van der Waals surface area contributed by atoms with Crippen molar-refractivity contribution in [3.05, 3.63) is 52.1 Å². The minimum atomic E-state index is -0.00935. The number of hydrogen-bond donors (Lipinski definition) is 0. The van der Waals surface area contributed by atoms with E-state index in [-0.39, 0.29) is 5.78 Å². The number of anilines is 2. The van der Waals surface area contributed by atoms with Gasteiger partial charge in [0.05, 0.1) is 0 Å². The van der Waals surface area contributed by atoms with Gasteiger partial charge in [-0.2, -0.15) is 0 Å². The van der Waals surface area contributed by atoms with E-state index in [4.69, 9.17) is 0 Å². The average molecular weight is 348 g/mol. The standard InChI is InChI=1S/C16H18BrN3O/c1-19(2)14-8-12(7-13(17)10-14)16(21)11-5-6-18-15(9-11)20(3)4/h5-10H,1-4H3. The minimum absolute atomic E-state index is 0.00935. The summed E-state index contributed by atoms with van der Waals surface area (Å²) in [5.74, 6) is 0.758. The Bertz CT molecular complexity index is 668. The summed E-state index contributed by atoms with van der Waals surface area (Å²) in [4.78, 5) is 20.7. The lowest BCUT2D eigenvalue weighted by atomic mass is 10.0. The molecule has 4 nitrogen and oxygen atoms in total. The van der Waals surface area contributed by atoms with Gasteiger partial charge in [0.15, 0.2) is 5.78 Å². The smallest absolute Gasteiger partial charge is 0.193 e. The van der Waals surface area contributed by atoms with Gasteiger partial charge in [-0.15, -0.1) is 0 Å². The highest BCUT2D eigenvalue weighted by atomic mass is 79.9. The average Bonchev–Trinajstić information content (AvgIpc) is 2.45. The van der Waals surface area contributed by atoms with Gasteiger partial charge < -0.3 is 9.80 Å². The van der Waals surface area contributed by atoms with Gasteiger partial charge in [-0.05, 0) is 30.3 Å². The molecule has 0 radical (unpaired) electrons. The van der Waals surface area contributed by atoms with Gasteiger partial charge in [-0.1, -0.05) is 15.9 Å². The maximum atomic E-state index is 12.7. The molecular formula is C16H18BrN3O. The number of aromatic nitrogens is 1. The van der Waals surface area contributed by atoms with Crippen LogP contribution >= 0.6 is 15.9 Å². The van der Waals surface area contributed by atoms with Crippen LogP contribution in [0.4, 0.5) is 11.5 Å². The fourth-order valence-electron chi connectivity index (χ4n) is 1.93. The number of carbonyl (C=O) groups excluding carboxylic acids is 1. The van der Waals surface area contributed by atoms with E-state index in [2.05, 4.69) is 20.9 Å². The first kappa shape index (κ1) is 15.5. The number of pyridine rings is 1. The molecule has 0 bridgehead atoms. The third kappa shape index (κ3) is 3.61. The van der Waals surface area contributed by atoms with Crippen LogP contribution in [0, 0.1) is 0 Å². The van der Waals surface area contributed by atoms with Gasteiger partial charge >= 0.3 is 0 Å². The van der Waals surface area contributed by atoms with E-state index in [1.807, 2.05) is 56.2 Å². The lowest BCUT2D eigenvalue weighted by Crippen LogP contribution is -2.13. The summed E-state index contributed by atoms with van der Waals surface area (Å²) in [7, 11) is 7.71. The van der Waals surface area contributed by atoms with Crippen molar-refractivity contribution in [3.8, 4) is 0 Å². The van der Waals surface area contributed by atoms with Crippen LogP contribution in [0.5, 0.6) is 0 Å². The molecule has 0 unspecified atom stereocenters. The maximum absolute atomic E-state index is 12.7. The molecule has 0 fully saturated rings. The molecule has 1 aromatic carbocycles. The second-order valence-electron chi connectivity index (χ2n) is 5.22. The van der Waals surface area contributed by atoms with E-state index in [0.29, 0.717) is 11.1 Å². The lowest BCUT2D eigenvalue weighted by Gasteiger charge is -2.15. The molecular weight excluding hydrogens is 330 g/mol. The van der Waals surface area contributed by atoms with E-state index < -0.39 is 0 Å². The summed E-state index contributed by atoms with van der Waals surface area (Å²) in [5.41, 5.74) is 2.27. The molecule has 2 rings (SSSR count). The zero-order valence-corrected chi connectivity index (χ0v) is 14.2. The van der Waals surface area contributed by atoms with E-state index in [1.165, 1.54) is 0 Å². The molecule has 5 heteroatoms. The van der Waals surface area contributed by atoms with Gasteiger partial charge in [-0.25, -0.2) is 4.98 Å². The molecule has 0 aliphatic rings. The Hall–Kier alpha value is -1.88. The number of rotatable bonds is 4. The van der Waals surface area contributed by atoms with Crippen LogP contribution in [0.1, 0.15) is 15.9 Å². The zero-order valence-electron chi connectivity index (χ0n) is 12.6. The van der Waals surface area contributed by atoms with Crippen LogP contribution in [-0.4, -0.2) is 39.0 Å². The highest BCUT2D eigenvalue weighted by molar-refractivity contribution is 9.10. The van der Waals surface area contributed by atoms with Crippen molar-refractivity contribution in [2.24, 2.45) is 0 Å². The first-order valence-electron chi connectivity index (χ1n) is 6.54. The maximum Gasteiger partial charge on any atom is 0.193 e. The van der Waals surface area contributed by atoms with Crippen molar-refractivity contribution >= 4 is 33.2 Å². The first-order chi connectivity index (χ1) is 9.88. The quantitative estimate of drug-likeness (QED) is 0.795.